The van der Waals surface area contributed by atoms with Gasteiger partial charge in [0.25, 0.3) is 0 Å². The van der Waals surface area contributed by atoms with E-state index in [1.807, 2.05) is 48.5 Å². The molecule has 0 unspecified atom stereocenters. The van der Waals surface area contributed by atoms with Gasteiger partial charge < -0.3 is 9.64 Å². The first-order valence-corrected chi connectivity index (χ1v) is 11.3. The molecule has 156 valence electrons. The lowest BCUT2D eigenvalue weighted by Gasteiger charge is -2.32. The van der Waals surface area contributed by atoms with E-state index in [0.717, 1.165) is 42.1 Å². The minimum atomic E-state index is 0.704. The Morgan fingerprint density at radius 3 is 2.45 bits per heavy atom. The van der Waals surface area contributed by atoms with Gasteiger partial charge in [-0.15, -0.1) is 0 Å². The number of likely N-dealkylation sites (tertiary alicyclic amines) is 1. The molecule has 0 aromatic heterocycles. The molecule has 2 aromatic rings. The fourth-order valence-corrected chi connectivity index (χ4v) is 4.26. The molecule has 1 fully saturated rings. The Morgan fingerprint density at radius 1 is 0.966 bits per heavy atom. The zero-order chi connectivity index (χ0) is 20.3. The van der Waals surface area contributed by atoms with Gasteiger partial charge in [0.2, 0.25) is 0 Å². The second kappa shape index (κ2) is 11.8. The summed E-state index contributed by atoms with van der Waals surface area (Å²) >= 11 is 0. The molecule has 3 nitrogen and oxygen atoms in total. The molecule has 3 heteroatoms. The number of hydrogen-bond acceptors (Lipinski definition) is 3. The highest BCUT2D eigenvalue weighted by molar-refractivity contribution is 5.89. The summed E-state index contributed by atoms with van der Waals surface area (Å²) in [6, 6.07) is 15.8. The van der Waals surface area contributed by atoms with E-state index in [0.29, 0.717) is 5.56 Å². The van der Waals surface area contributed by atoms with Gasteiger partial charge >= 0.3 is 0 Å². The number of unbranched alkanes of at least 4 members (excludes halogenated alkanes) is 3. The van der Waals surface area contributed by atoms with Crippen molar-refractivity contribution in [1.82, 2.24) is 4.90 Å². The number of benzene rings is 2. The third-order valence-electron chi connectivity index (χ3n) is 6.08. The Bertz CT molecular complexity index is 750. The van der Waals surface area contributed by atoms with Crippen LogP contribution in [-0.4, -0.2) is 37.4 Å². The Kier molecular flexibility index (Phi) is 8.76. The Hall–Kier alpha value is -2.13. The fourth-order valence-electron chi connectivity index (χ4n) is 4.26. The predicted molar refractivity (Wildman–Crippen MR) is 121 cm³/mol. The van der Waals surface area contributed by atoms with E-state index in [1.165, 1.54) is 58.2 Å². The first-order valence-electron chi connectivity index (χ1n) is 11.3. The van der Waals surface area contributed by atoms with Gasteiger partial charge in [-0.1, -0.05) is 68.7 Å². The quantitative estimate of drug-likeness (QED) is 0.335. The number of para-hydroxylation sites is 1. The van der Waals surface area contributed by atoms with Crippen molar-refractivity contribution in [1.29, 1.82) is 0 Å². The second-order valence-corrected chi connectivity index (χ2v) is 8.18. The van der Waals surface area contributed by atoms with Crippen molar-refractivity contribution >= 4 is 6.29 Å². The summed E-state index contributed by atoms with van der Waals surface area (Å²) in [5, 5.41) is 0. The first-order chi connectivity index (χ1) is 14.3. The molecule has 0 aliphatic carbocycles. The summed E-state index contributed by atoms with van der Waals surface area (Å²) in [5.74, 6) is 1.63. The van der Waals surface area contributed by atoms with E-state index >= 15 is 0 Å². The number of aldehydes is 1. The Labute approximate surface area is 176 Å². The molecule has 0 amide bonds. The van der Waals surface area contributed by atoms with E-state index in [-0.39, 0.29) is 0 Å². The third-order valence-corrected chi connectivity index (χ3v) is 6.08. The second-order valence-electron chi connectivity index (χ2n) is 8.18. The average Bonchev–Trinajstić information content (AvgIpc) is 2.78. The zero-order valence-electron chi connectivity index (χ0n) is 17.8. The highest BCUT2D eigenvalue weighted by Gasteiger charge is 2.19. The van der Waals surface area contributed by atoms with Crippen molar-refractivity contribution < 1.29 is 9.53 Å². The molecule has 2 aromatic carbocycles. The van der Waals surface area contributed by atoms with Crippen molar-refractivity contribution in [2.24, 2.45) is 5.92 Å². The SMILES string of the molecule is CCCCCCN1CCC(CCOc2ccccc2-c2ccccc2C=O)CC1. The van der Waals surface area contributed by atoms with Crippen molar-refractivity contribution in [2.45, 2.75) is 51.9 Å². The van der Waals surface area contributed by atoms with Crippen LogP contribution in [0.1, 0.15) is 62.2 Å². The average molecular weight is 394 g/mol. The summed E-state index contributed by atoms with van der Waals surface area (Å²) in [6.07, 6.45) is 9.99. The van der Waals surface area contributed by atoms with Gasteiger partial charge in [-0.2, -0.15) is 0 Å². The predicted octanol–water partition coefficient (Wildman–Crippen LogP) is 6.23. The van der Waals surface area contributed by atoms with Gasteiger partial charge in [0.15, 0.2) is 6.29 Å². The van der Waals surface area contributed by atoms with Crippen LogP contribution in [0.5, 0.6) is 5.75 Å². The molecule has 0 saturated carbocycles. The monoisotopic (exact) mass is 393 g/mol. The van der Waals surface area contributed by atoms with Crippen LogP contribution in [0.2, 0.25) is 0 Å². The first kappa shape index (κ1) is 21.6. The summed E-state index contributed by atoms with van der Waals surface area (Å²) in [5.41, 5.74) is 2.64. The number of rotatable bonds is 11. The lowest BCUT2D eigenvalue weighted by Crippen LogP contribution is -2.34. The maximum atomic E-state index is 11.4. The largest absolute Gasteiger partial charge is 0.493 e. The van der Waals surface area contributed by atoms with E-state index in [1.54, 1.807) is 0 Å². The van der Waals surface area contributed by atoms with E-state index in [4.69, 9.17) is 4.74 Å². The lowest BCUT2D eigenvalue weighted by atomic mass is 9.93. The van der Waals surface area contributed by atoms with Crippen molar-refractivity contribution in [3.8, 4) is 16.9 Å². The smallest absolute Gasteiger partial charge is 0.150 e. The number of hydrogen-bond donors (Lipinski definition) is 0. The molecule has 0 N–H and O–H groups in total. The van der Waals surface area contributed by atoms with Crippen molar-refractivity contribution in [2.75, 3.05) is 26.2 Å². The van der Waals surface area contributed by atoms with Gasteiger partial charge in [0.05, 0.1) is 6.61 Å². The zero-order valence-corrected chi connectivity index (χ0v) is 17.8. The molecule has 0 atom stereocenters. The highest BCUT2D eigenvalue weighted by Crippen LogP contribution is 2.32. The molecular weight excluding hydrogens is 358 g/mol. The minimum absolute atomic E-state index is 0.704. The van der Waals surface area contributed by atoms with Gasteiger partial charge in [0.1, 0.15) is 5.75 Å². The molecular formula is C26H35NO2. The fraction of sp³-hybridized carbons (Fsp3) is 0.500. The number of nitrogens with zero attached hydrogens (tertiary/aromatic N) is 1. The van der Waals surface area contributed by atoms with Crippen molar-refractivity contribution in [3.63, 3.8) is 0 Å². The number of piperidine rings is 1. The highest BCUT2D eigenvalue weighted by atomic mass is 16.5. The minimum Gasteiger partial charge on any atom is -0.493 e. The van der Waals surface area contributed by atoms with Crippen LogP contribution in [0.4, 0.5) is 0 Å². The molecule has 0 spiro atoms. The molecule has 1 aliphatic heterocycles. The standard InChI is InChI=1S/C26H35NO2/c1-2-3-4-9-17-27-18-14-22(15-19-27)16-20-29-26-13-8-7-12-25(26)24-11-6-5-10-23(24)21-28/h5-8,10-13,21-22H,2-4,9,14-20H2,1H3. The molecule has 1 aliphatic rings. The number of carbonyl (C=O) groups excluding carboxylic acids is 1. The van der Waals surface area contributed by atoms with Crippen LogP contribution in [0.25, 0.3) is 11.1 Å². The molecule has 3 rings (SSSR count). The van der Waals surface area contributed by atoms with Crippen LogP contribution < -0.4 is 4.74 Å². The van der Waals surface area contributed by atoms with Gasteiger partial charge in [0, 0.05) is 11.1 Å². The number of carbonyl (C=O) groups is 1. The summed E-state index contributed by atoms with van der Waals surface area (Å²) in [7, 11) is 0. The van der Waals surface area contributed by atoms with E-state index in [9.17, 15) is 4.79 Å². The van der Waals surface area contributed by atoms with Gasteiger partial charge in [-0.05, 0) is 62.9 Å². The molecule has 29 heavy (non-hydrogen) atoms. The molecule has 0 bridgehead atoms. The van der Waals surface area contributed by atoms with Gasteiger partial charge in [-0.25, -0.2) is 0 Å². The number of ether oxygens (including phenoxy) is 1. The normalized spacial score (nSPS) is 15.3. The summed E-state index contributed by atoms with van der Waals surface area (Å²) in [6.45, 7) is 6.75. The topological polar surface area (TPSA) is 29.5 Å². The maximum Gasteiger partial charge on any atom is 0.150 e. The van der Waals surface area contributed by atoms with Crippen LogP contribution in [0.3, 0.4) is 0 Å². The Balaban J connectivity index is 1.47. The van der Waals surface area contributed by atoms with E-state index in [2.05, 4.69) is 11.8 Å². The summed E-state index contributed by atoms with van der Waals surface area (Å²) in [4.78, 5) is 14.1. The van der Waals surface area contributed by atoms with Crippen LogP contribution in [-0.2, 0) is 0 Å². The van der Waals surface area contributed by atoms with E-state index < -0.39 is 0 Å². The third kappa shape index (κ3) is 6.43. The van der Waals surface area contributed by atoms with Crippen LogP contribution in [0.15, 0.2) is 48.5 Å². The molecule has 1 saturated heterocycles. The van der Waals surface area contributed by atoms with Crippen LogP contribution in [0, 0.1) is 5.92 Å². The lowest BCUT2D eigenvalue weighted by molar-refractivity contribution is 0.112. The molecule has 1 heterocycles. The Morgan fingerprint density at radius 2 is 1.69 bits per heavy atom. The van der Waals surface area contributed by atoms with Crippen LogP contribution >= 0.6 is 0 Å². The van der Waals surface area contributed by atoms with Gasteiger partial charge in [-0.3, -0.25) is 4.79 Å². The van der Waals surface area contributed by atoms with Crippen molar-refractivity contribution in [3.05, 3.63) is 54.1 Å². The molecule has 0 radical (unpaired) electrons. The maximum absolute atomic E-state index is 11.4. The summed E-state index contributed by atoms with van der Waals surface area (Å²) < 4.78 is 6.18.